The van der Waals surface area contributed by atoms with Gasteiger partial charge in [0.2, 0.25) is 0 Å². The lowest BCUT2D eigenvalue weighted by Gasteiger charge is -2.42. The van der Waals surface area contributed by atoms with Crippen LogP contribution >= 0.6 is 0 Å². The van der Waals surface area contributed by atoms with E-state index in [4.69, 9.17) is 10.5 Å². The predicted molar refractivity (Wildman–Crippen MR) is 77.1 cm³/mol. The van der Waals surface area contributed by atoms with Gasteiger partial charge in [-0.05, 0) is 45.1 Å². The molecule has 1 aliphatic carbocycles. The van der Waals surface area contributed by atoms with E-state index < -0.39 is 0 Å². The fourth-order valence-corrected chi connectivity index (χ4v) is 2.80. The summed E-state index contributed by atoms with van der Waals surface area (Å²) in [4.78, 5) is 0. The molecule has 4 nitrogen and oxygen atoms in total. The van der Waals surface area contributed by atoms with Crippen molar-refractivity contribution in [1.82, 2.24) is 9.78 Å². The Hall–Kier alpha value is -0.870. The fraction of sp³-hybridized carbons (Fsp3) is 0.800. The van der Waals surface area contributed by atoms with Gasteiger partial charge in [0.15, 0.2) is 0 Å². The molecule has 1 fully saturated rings. The third kappa shape index (κ3) is 3.37. The van der Waals surface area contributed by atoms with E-state index in [-0.39, 0.29) is 11.6 Å². The number of nitrogens with zero attached hydrogens (tertiary/aromatic N) is 2. The van der Waals surface area contributed by atoms with Crippen molar-refractivity contribution in [3.63, 3.8) is 0 Å². The summed E-state index contributed by atoms with van der Waals surface area (Å²) in [5, 5.41) is 4.62. The Kier molecular flexibility index (Phi) is 4.63. The zero-order chi connectivity index (χ0) is 13.9. The van der Waals surface area contributed by atoms with Crippen molar-refractivity contribution < 1.29 is 4.74 Å². The first-order chi connectivity index (χ1) is 9.08. The lowest BCUT2D eigenvalue weighted by atomic mass is 9.75. The van der Waals surface area contributed by atoms with Crippen LogP contribution in [-0.2, 0) is 11.2 Å². The van der Waals surface area contributed by atoms with Gasteiger partial charge in [-0.3, -0.25) is 4.68 Å². The van der Waals surface area contributed by atoms with Crippen LogP contribution in [-0.4, -0.2) is 28.5 Å². The Bertz CT molecular complexity index is 392. The van der Waals surface area contributed by atoms with Crippen LogP contribution in [0.1, 0.15) is 57.7 Å². The molecule has 0 bridgehead atoms. The van der Waals surface area contributed by atoms with Gasteiger partial charge in [-0.15, -0.1) is 0 Å². The molecule has 0 radical (unpaired) electrons. The molecule has 1 heterocycles. The second-order valence-corrected chi connectivity index (χ2v) is 5.95. The van der Waals surface area contributed by atoms with E-state index in [1.165, 1.54) is 6.42 Å². The Morgan fingerprint density at radius 1 is 1.53 bits per heavy atom. The minimum absolute atomic E-state index is 0.0543. The topological polar surface area (TPSA) is 53.1 Å². The van der Waals surface area contributed by atoms with E-state index in [1.807, 2.05) is 11.8 Å². The Morgan fingerprint density at radius 3 is 2.79 bits per heavy atom. The highest BCUT2D eigenvalue weighted by atomic mass is 16.5. The number of hydrogen-bond acceptors (Lipinski definition) is 3. The predicted octanol–water partition coefficient (Wildman–Crippen LogP) is 2.68. The SMILES string of the molecule is CCC(C)n1ccc(CC(N)CC2(OC)CCC2)n1. The number of methoxy groups -OCH3 is 1. The van der Waals surface area contributed by atoms with Crippen LogP contribution in [0.4, 0.5) is 0 Å². The molecule has 2 atom stereocenters. The number of ether oxygens (including phenoxy) is 1. The normalized spacial score (nSPS) is 20.8. The highest BCUT2D eigenvalue weighted by molar-refractivity contribution is 5.03. The van der Waals surface area contributed by atoms with Crippen molar-refractivity contribution in [1.29, 1.82) is 0 Å². The van der Waals surface area contributed by atoms with Crippen molar-refractivity contribution >= 4 is 0 Å². The highest BCUT2D eigenvalue weighted by Gasteiger charge is 2.38. The van der Waals surface area contributed by atoms with Gasteiger partial charge in [0.1, 0.15) is 0 Å². The molecule has 1 aliphatic rings. The average molecular weight is 265 g/mol. The highest BCUT2D eigenvalue weighted by Crippen LogP contribution is 2.38. The van der Waals surface area contributed by atoms with Crippen LogP contribution in [0, 0.1) is 0 Å². The summed E-state index contributed by atoms with van der Waals surface area (Å²) >= 11 is 0. The van der Waals surface area contributed by atoms with Gasteiger partial charge >= 0.3 is 0 Å². The molecule has 108 valence electrons. The van der Waals surface area contributed by atoms with Gasteiger partial charge in [-0.2, -0.15) is 5.10 Å². The molecule has 2 rings (SSSR count). The largest absolute Gasteiger partial charge is 0.378 e. The summed E-state index contributed by atoms with van der Waals surface area (Å²) in [7, 11) is 1.81. The molecule has 2 unspecified atom stereocenters. The zero-order valence-electron chi connectivity index (χ0n) is 12.4. The fourth-order valence-electron chi connectivity index (χ4n) is 2.80. The lowest BCUT2D eigenvalue weighted by Crippen LogP contribution is -2.45. The van der Waals surface area contributed by atoms with Gasteiger partial charge in [0.25, 0.3) is 0 Å². The Balaban J connectivity index is 1.88. The second kappa shape index (κ2) is 6.06. The van der Waals surface area contributed by atoms with E-state index in [2.05, 4.69) is 31.2 Å². The minimum Gasteiger partial charge on any atom is -0.378 e. The van der Waals surface area contributed by atoms with Crippen LogP contribution in [0.2, 0.25) is 0 Å². The third-order valence-electron chi connectivity index (χ3n) is 4.51. The van der Waals surface area contributed by atoms with Crippen LogP contribution in [0.15, 0.2) is 12.3 Å². The van der Waals surface area contributed by atoms with Crippen molar-refractivity contribution in [3.05, 3.63) is 18.0 Å². The molecule has 2 N–H and O–H groups in total. The quantitative estimate of drug-likeness (QED) is 0.824. The number of nitrogens with two attached hydrogens (primary N) is 1. The molecule has 0 amide bonds. The molecule has 0 aromatic carbocycles. The molecule has 1 aromatic heterocycles. The first kappa shape index (κ1) is 14.5. The standard InChI is InChI=1S/C15H27N3O/c1-4-12(2)18-9-6-14(17-18)10-13(16)11-15(19-3)7-5-8-15/h6,9,12-13H,4-5,7-8,10-11,16H2,1-3H3. The molecule has 4 heteroatoms. The second-order valence-electron chi connectivity index (χ2n) is 5.95. The molecular weight excluding hydrogens is 238 g/mol. The van der Waals surface area contributed by atoms with E-state index in [9.17, 15) is 0 Å². The van der Waals surface area contributed by atoms with Crippen molar-refractivity contribution in [2.75, 3.05) is 7.11 Å². The molecular formula is C15H27N3O. The number of hydrogen-bond donors (Lipinski definition) is 1. The Morgan fingerprint density at radius 2 is 2.26 bits per heavy atom. The molecule has 0 aliphatic heterocycles. The number of rotatable bonds is 7. The molecule has 1 saturated carbocycles. The van der Waals surface area contributed by atoms with Gasteiger partial charge in [-0.25, -0.2) is 0 Å². The maximum atomic E-state index is 6.27. The van der Waals surface area contributed by atoms with Crippen LogP contribution in [0.3, 0.4) is 0 Å². The molecule has 19 heavy (non-hydrogen) atoms. The van der Waals surface area contributed by atoms with Gasteiger partial charge in [0, 0.05) is 31.8 Å². The molecule has 1 aromatic rings. The van der Waals surface area contributed by atoms with Crippen LogP contribution < -0.4 is 5.73 Å². The van der Waals surface area contributed by atoms with Gasteiger partial charge in [0.05, 0.1) is 11.3 Å². The lowest BCUT2D eigenvalue weighted by molar-refractivity contribution is -0.0813. The summed E-state index contributed by atoms with van der Waals surface area (Å²) in [6.07, 6.45) is 8.51. The maximum Gasteiger partial charge on any atom is 0.0693 e. The molecule has 0 spiro atoms. The van der Waals surface area contributed by atoms with Gasteiger partial charge in [-0.1, -0.05) is 6.92 Å². The molecule has 0 saturated heterocycles. The third-order valence-corrected chi connectivity index (χ3v) is 4.51. The zero-order valence-corrected chi connectivity index (χ0v) is 12.4. The first-order valence-corrected chi connectivity index (χ1v) is 7.43. The Labute approximate surface area is 116 Å². The summed E-state index contributed by atoms with van der Waals surface area (Å²) in [6.45, 7) is 4.36. The van der Waals surface area contributed by atoms with E-state index in [1.54, 1.807) is 0 Å². The van der Waals surface area contributed by atoms with Gasteiger partial charge < -0.3 is 10.5 Å². The summed E-state index contributed by atoms with van der Waals surface area (Å²) in [5.74, 6) is 0. The summed E-state index contributed by atoms with van der Waals surface area (Å²) in [6, 6.07) is 2.69. The van der Waals surface area contributed by atoms with Crippen molar-refractivity contribution in [2.24, 2.45) is 5.73 Å². The van der Waals surface area contributed by atoms with E-state index >= 15 is 0 Å². The first-order valence-electron chi connectivity index (χ1n) is 7.43. The summed E-state index contributed by atoms with van der Waals surface area (Å²) < 4.78 is 7.68. The van der Waals surface area contributed by atoms with Crippen LogP contribution in [0.25, 0.3) is 0 Å². The average Bonchev–Trinajstić information content (AvgIpc) is 2.81. The van der Waals surface area contributed by atoms with E-state index in [0.717, 1.165) is 37.8 Å². The van der Waals surface area contributed by atoms with Crippen LogP contribution in [0.5, 0.6) is 0 Å². The minimum atomic E-state index is 0.0543. The summed E-state index contributed by atoms with van der Waals surface area (Å²) in [5.41, 5.74) is 7.42. The maximum absolute atomic E-state index is 6.27. The van der Waals surface area contributed by atoms with Crippen molar-refractivity contribution in [2.45, 2.75) is 70.1 Å². The number of aromatic nitrogens is 2. The smallest absolute Gasteiger partial charge is 0.0693 e. The van der Waals surface area contributed by atoms with E-state index in [0.29, 0.717) is 6.04 Å². The monoisotopic (exact) mass is 265 g/mol. The van der Waals surface area contributed by atoms with Crippen molar-refractivity contribution in [3.8, 4) is 0 Å².